The lowest BCUT2D eigenvalue weighted by Gasteiger charge is -2.35. The van der Waals surface area contributed by atoms with Crippen LogP contribution in [0.25, 0.3) is 16.6 Å². The molecule has 0 aliphatic carbocycles. The van der Waals surface area contributed by atoms with Crippen LogP contribution in [0.3, 0.4) is 0 Å². The zero-order valence-electron chi connectivity index (χ0n) is 15.2. The van der Waals surface area contributed by atoms with Crippen molar-refractivity contribution in [1.29, 1.82) is 0 Å². The summed E-state index contributed by atoms with van der Waals surface area (Å²) in [5, 5.41) is 0. The van der Waals surface area contributed by atoms with Gasteiger partial charge in [-0.2, -0.15) is 0 Å². The Morgan fingerprint density at radius 1 is 1.14 bits per heavy atom. The highest BCUT2D eigenvalue weighted by molar-refractivity contribution is 5.85. The van der Waals surface area contributed by atoms with E-state index in [1.54, 1.807) is 18.6 Å². The van der Waals surface area contributed by atoms with Crippen LogP contribution >= 0.6 is 0 Å². The first-order valence-electron chi connectivity index (χ1n) is 9.25. The molecule has 0 radical (unpaired) electrons. The second kappa shape index (κ2) is 6.63. The summed E-state index contributed by atoms with van der Waals surface area (Å²) in [5.41, 5.74) is 3.30. The number of carbonyl (C=O) groups excluding carboxylic acids is 1. The predicted octanol–water partition coefficient (Wildman–Crippen LogP) is 2.24. The van der Waals surface area contributed by atoms with Crippen molar-refractivity contribution in [3.63, 3.8) is 0 Å². The van der Waals surface area contributed by atoms with Crippen LogP contribution in [0.2, 0.25) is 0 Å². The van der Waals surface area contributed by atoms with Gasteiger partial charge in [-0.25, -0.2) is 14.4 Å². The summed E-state index contributed by atoms with van der Waals surface area (Å²) in [7, 11) is 0. The van der Waals surface area contributed by atoms with Crippen molar-refractivity contribution in [2.24, 2.45) is 0 Å². The van der Waals surface area contributed by atoms with Gasteiger partial charge in [0.25, 0.3) is 0 Å². The number of hydrogen-bond acceptors (Lipinski definition) is 4. The standard InChI is InChI=1S/C20H19FN6O/c21-14-3-4-17-16(10-14)24-20(18-2-1-5-27(17)18)26-8-6-25(7-9-26)19(28)11-15-12-22-13-23-15/h1-5,10,12-13H,6-9,11H2,(H,22,23). The Morgan fingerprint density at radius 2 is 2.00 bits per heavy atom. The number of fused-ring (bicyclic) bond motifs is 3. The van der Waals surface area contributed by atoms with E-state index in [0.29, 0.717) is 38.1 Å². The molecule has 1 aromatic carbocycles. The van der Waals surface area contributed by atoms with Gasteiger partial charge in [-0.05, 0) is 24.3 Å². The van der Waals surface area contributed by atoms with E-state index in [-0.39, 0.29) is 11.7 Å². The fourth-order valence-electron chi connectivity index (χ4n) is 3.79. The van der Waals surface area contributed by atoms with Crippen LogP contribution in [-0.4, -0.2) is 56.3 Å². The lowest BCUT2D eigenvalue weighted by molar-refractivity contribution is -0.130. The topological polar surface area (TPSA) is 69.5 Å². The molecule has 8 heteroatoms. The number of anilines is 1. The van der Waals surface area contributed by atoms with Crippen molar-refractivity contribution >= 4 is 28.3 Å². The van der Waals surface area contributed by atoms with Crippen molar-refractivity contribution in [3.05, 3.63) is 60.6 Å². The average molecular weight is 378 g/mol. The average Bonchev–Trinajstić information content (AvgIpc) is 3.39. The minimum Gasteiger partial charge on any atom is -0.351 e. The van der Waals surface area contributed by atoms with Gasteiger partial charge in [0.15, 0.2) is 5.82 Å². The molecular formula is C20H19FN6O. The zero-order valence-corrected chi connectivity index (χ0v) is 15.2. The van der Waals surface area contributed by atoms with E-state index < -0.39 is 0 Å². The van der Waals surface area contributed by atoms with E-state index in [9.17, 15) is 9.18 Å². The Bertz CT molecular complexity index is 1140. The quantitative estimate of drug-likeness (QED) is 0.594. The zero-order chi connectivity index (χ0) is 19.1. The van der Waals surface area contributed by atoms with Gasteiger partial charge in [0, 0.05) is 50.3 Å². The van der Waals surface area contributed by atoms with Crippen LogP contribution in [0.4, 0.5) is 10.2 Å². The Balaban J connectivity index is 1.39. The monoisotopic (exact) mass is 378 g/mol. The van der Waals surface area contributed by atoms with Crippen LogP contribution < -0.4 is 4.90 Å². The summed E-state index contributed by atoms with van der Waals surface area (Å²) in [5.74, 6) is 0.612. The van der Waals surface area contributed by atoms with Crippen LogP contribution in [-0.2, 0) is 11.2 Å². The second-order valence-electron chi connectivity index (χ2n) is 6.95. The molecule has 1 N–H and O–H groups in total. The Morgan fingerprint density at radius 3 is 2.79 bits per heavy atom. The van der Waals surface area contributed by atoms with Gasteiger partial charge in [0.05, 0.1) is 29.3 Å². The van der Waals surface area contributed by atoms with Gasteiger partial charge in [-0.15, -0.1) is 0 Å². The molecule has 4 aromatic rings. The fourth-order valence-corrected chi connectivity index (χ4v) is 3.79. The van der Waals surface area contributed by atoms with Gasteiger partial charge < -0.3 is 19.2 Å². The molecule has 1 fully saturated rings. The molecule has 1 aliphatic rings. The number of imidazole rings is 1. The minimum absolute atomic E-state index is 0.0882. The molecule has 7 nitrogen and oxygen atoms in total. The van der Waals surface area contributed by atoms with E-state index in [0.717, 1.165) is 22.5 Å². The molecule has 0 spiro atoms. The predicted molar refractivity (Wildman–Crippen MR) is 104 cm³/mol. The number of aromatic nitrogens is 4. The molecule has 1 aliphatic heterocycles. The number of nitrogens with one attached hydrogen (secondary N) is 1. The third-order valence-electron chi connectivity index (χ3n) is 5.23. The molecule has 28 heavy (non-hydrogen) atoms. The van der Waals surface area contributed by atoms with E-state index in [2.05, 4.69) is 14.9 Å². The van der Waals surface area contributed by atoms with E-state index in [4.69, 9.17) is 4.98 Å². The molecule has 0 unspecified atom stereocenters. The molecule has 142 valence electrons. The molecule has 1 saturated heterocycles. The van der Waals surface area contributed by atoms with Gasteiger partial charge in [-0.3, -0.25) is 4.79 Å². The van der Waals surface area contributed by atoms with Gasteiger partial charge in [0.1, 0.15) is 5.82 Å². The fraction of sp³-hybridized carbons (Fsp3) is 0.250. The number of hydrogen-bond donors (Lipinski definition) is 1. The molecule has 4 heterocycles. The van der Waals surface area contributed by atoms with Gasteiger partial charge >= 0.3 is 0 Å². The van der Waals surface area contributed by atoms with Crippen molar-refractivity contribution in [2.75, 3.05) is 31.1 Å². The number of piperazine rings is 1. The number of amides is 1. The van der Waals surface area contributed by atoms with E-state index >= 15 is 0 Å². The lowest BCUT2D eigenvalue weighted by atomic mass is 10.2. The maximum Gasteiger partial charge on any atom is 0.228 e. The molecule has 1 amide bonds. The molecule has 0 bridgehead atoms. The first-order chi connectivity index (χ1) is 13.7. The largest absolute Gasteiger partial charge is 0.351 e. The Kier molecular flexibility index (Phi) is 3.96. The summed E-state index contributed by atoms with van der Waals surface area (Å²) in [6, 6.07) is 8.64. The van der Waals surface area contributed by atoms with Crippen molar-refractivity contribution in [2.45, 2.75) is 6.42 Å². The minimum atomic E-state index is -0.299. The molecule has 0 saturated carbocycles. The number of nitrogens with zero attached hydrogens (tertiary/aromatic N) is 5. The summed E-state index contributed by atoms with van der Waals surface area (Å²) >= 11 is 0. The van der Waals surface area contributed by atoms with Crippen LogP contribution in [0.1, 0.15) is 5.69 Å². The number of halogens is 1. The van der Waals surface area contributed by atoms with Crippen LogP contribution in [0, 0.1) is 5.82 Å². The van der Waals surface area contributed by atoms with Crippen LogP contribution in [0.15, 0.2) is 49.1 Å². The van der Waals surface area contributed by atoms with Crippen molar-refractivity contribution in [3.8, 4) is 0 Å². The normalized spacial score (nSPS) is 14.9. The smallest absolute Gasteiger partial charge is 0.228 e. The molecule has 5 rings (SSSR count). The van der Waals surface area contributed by atoms with E-state index in [1.807, 2.05) is 27.6 Å². The highest BCUT2D eigenvalue weighted by Crippen LogP contribution is 2.26. The number of benzene rings is 1. The number of H-pyrrole nitrogens is 1. The van der Waals surface area contributed by atoms with Crippen molar-refractivity contribution in [1.82, 2.24) is 24.3 Å². The van der Waals surface area contributed by atoms with Crippen molar-refractivity contribution < 1.29 is 9.18 Å². The SMILES string of the molecule is O=C(Cc1cnc[nH]1)N1CCN(c2nc3cc(F)ccc3n3cccc23)CC1. The Hall–Kier alpha value is -3.42. The lowest BCUT2D eigenvalue weighted by Crippen LogP contribution is -2.49. The number of aromatic amines is 1. The van der Waals surface area contributed by atoms with Crippen LogP contribution in [0.5, 0.6) is 0 Å². The highest BCUT2D eigenvalue weighted by atomic mass is 19.1. The first kappa shape index (κ1) is 16.7. The number of rotatable bonds is 3. The van der Waals surface area contributed by atoms with E-state index in [1.165, 1.54) is 12.1 Å². The summed E-state index contributed by atoms with van der Waals surface area (Å²) < 4.78 is 15.8. The number of carbonyl (C=O) groups is 1. The molecule has 0 atom stereocenters. The maximum absolute atomic E-state index is 13.7. The Labute approximate surface area is 160 Å². The summed E-state index contributed by atoms with van der Waals surface area (Å²) in [6.07, 6.45) is 5.55. The second-order valence-corrected chi connectivity index (χ2v) is 6.95. The molecule has 3 aromatic heterocycles. The first-order valence-corrected chi connectivity index (χ1v) is 9.25. The third-order valence-corrected chi connectivity index (χ3v) is 5.23. The maximum atomic E-state index is 13.7. The molecular weight excluding hydrogens is 359 g/mol. The third kappa shape index (κ3) is 2.87. The summed E-state index contributed by atoms with van der Waals surface area (Å²) in [4.78, 5) is 28.2. The van der Waals surface area contributed by atoms with Gasteiger partial charge in [0.2, 0.25) is 5.91 Å². The summed E-state index contributed by atoms with van der Waals surface area (Å²) in [6.45, 7) is 2.62. The highest BCUT2D eigenvalue weighted by Gasteiger charge is 2.24. The van der Waals surface area contributed by atoms with Gasteiger partial charge in [-0.1, -0.05) is 0 Å².